The predicted octanol–water partition coefficient (Wildman–Crippen LogP) is 16.4. The Balaban J connectivity index is 1.16. The van der Waals surface area contributed by atoms with Crippen LogP contribution in [0.3, 0.4) is 0 Å². The molecule has 1 nitrogen and oxygen atoms in total. The third-order valence-corrected chi connectivity index (χ3v) is 13.9. The Labute approximate surface area is 360 Å². The minimum atomic E-state index is -0.527. The second-order valence-corrected chi connectivity index (χ2v) is 17.1. The Morgan fingerprint density at radius 2 is 0.902 bits per heavy atom. The van der Waals surface area contributed by atoms with Crippen molar-refractivity contribution in [3.8, 4) is 33.4 Å². The Hall–Kier alpha value is -7.52. The molecule has 1 heterocycles. The average Bonchev–Trinajstić information content (AvgIpc) is 3.85. The normalized spacial score (nSPS) is 12.7. The van der Waals surface area contributed by atoms with Crippen molar-refractivity contribution in [3.05, 3.63) is 259 Å². The highest BCUT2D eigenvalue weighted by Crippen LogP contribution is 2.57. The summed E-state index contributed by atoms with van der Waals surface area (Å²) >= 11 is 1.86. The third-order valence-electron chi connectivity index (χ3n) is 12.7. The molecule has 0 saturated heterocycles. The van der Waals surface area contributed by atoms with Gasteiger partial charge in [-0.15, -0.1) is 11.3 Å². The lowest BCUT2D eigenvalue weighted by molar-refractivity contribution is 0.768. The number of thiophene rings is 1. The molecule has 0 bridgehead atoms. The Morgan fingerprint density at radius 1 is 0.328 bits per heavy atom. The maximum atomic E-state index is 2.51. The monoisotopic (exact) mass is 793 g/mol. The van der Waals surface area contributed by atoms with Crippen LogP contribution < -0.4 is 4.90 Å². The van der Waals surface area contributed by atoms with Gasteiger partial charge in [-0.3, -0.25) is 0 Å². The number of nitrogens with zero attached hydrogens (tertiary/aromatic N) is 1. The van der Waals surface area contributed by atoms with Gasteiger partial charge in [0.1, 0.15) is 0 Å². The van der Waals surface area contributed by atoms with Crippen molar-refractivity contribution in [1.29, 1.82) is 0 Å². The summed E-state index contributed by atoms with van der Waals surface area (Å²) in [4.78, 5) is 2.51. The van der Waals surface area contributed by atoms with Crippen LogP contribution in [-0.4, -0.2) is 0 Å². The fourth-order valence-corrected chi connectivity index (χ4v) is 11.1. The zero-order chi connectivity index (χ0) is 40.3. The van der Waals surface area contributed by atoms with Crippen molar-refractivity contribution in [1.82, 2.24) is 0 Å². The maximum Gasteiger partial charge on any atom is 0.0714 e. The van der Waals surface area contributed by atoms with Crippen molar-refractivity contribution in [2.24, 2.45) is 0 Å². The topological polar surface area (TPSA) is 3.24 Å². The van der Waals surface area contributed by atoms with E-state index >= 15 is 0 Å². The highest BCUT2D eigenvalue weighted by molar-refractivity contribution is 7.25. The lowest BCUT2D eigenvalue weighted by Gasteiger charge is -2.35. The van der Waals surface area contributed by atoms with Crippen LogP contribution in [-0.2, 0) is 5.41 Å². The average molecular weight is 794 g/mol. The van der Waals surface area contributed by atoms with Gasteiger partial charge in [-0.1, -0.05) is 194 Å². The summed E-state index contributed by atoms with van der Waals surface area (Å²) in [6.45, 7) is 0. The quantitative estimate of drug-likeness (QED) is 0.155. The first-order valence-corrected chi connectivity index (χ1v) is 21.8. The molecule has 0 saturated carbocycles. The van der Waals surface area contributed by atoms with E-state index in [1.165, 1.54) is 86.6 Å². The van der Waals surface area contributed by atoms with Crippen molar-refractivity contribution in [3.63, 3.8) is 0 Å². The van der Waals surface area contributed by atoms with Crippen LogP contribution in [0.2, 0.25) is 0 Å². The summed E-state index contributed by atoms with van der Waals surface area (Å²) in [5, 5.41) is 5.06. The van der Waals surface area contributed by atoms with Crippen LogP contribution in [0, 0.1) is 0 Å². The molecule has 1 aromatic heterocycles. The van der Waals surface area contributed by atoms with Gasteiger partial charge < -0.3 is 4.90 Å². The Morgan fingerprint density at radius 3 is 1.70 bits per heavy atom. The van der Waals surface area contributed by atoms with Gasteiger partial charge in [0.2, 0.25) is 0 Å². The second kappa shape index (κ2) is 14.3. The molecule has 0 atom stereocenters. The standard InChI is InChI=1S/C59H39NS/c1-4-17-41(18-5-1)49-33-30-44(43-29-28-40-16-10-11-19-42(40)36-43)37-56(49)60(48-32-35-53-52-25-13-15-27-57(52)61-58(53)39-48)47-31-34-51-50-24-12-14-26-54(50)59(55(51)38-47,45-20-6-2-7-21-45)46-22-8-3-9-23-46/h1-39H. The van der Waals surface area contributed by atoms with E-state index in [1.54, 1.807) is 0 Å². The van der Waals surface area contributed by atoms with Crippen LogP contribution in [0.5, 0.6) is 0 Å². The minimum absolute atomic E-state index is 0.527. The van der Waals surface area contributed by atoms with E-state index in [-0.39, 0.29) is 0 Å². The summed E-state index contributed by atoms with van der Waals surface area (Å²) in [5.41, 5.74) is 15.2. The Bertz CT molecular complexity index is 3380. The van der Waals surface area contributed by atoms with E-state index < -0.39 is 5.41 Å². The molecule has 1 aliphatic carbocycles. The number of fused-ring (bicyclic) bond motifs is 7. The molecule has 0 amide bonds. The number of rotatable bonds is 7. The minimum Gasteiger partial charge on any atom is -0.310 e. The smallest absolute Gasteiger partial charge is 0.0714 e. The highest BCUT2D eigenvalue weighted by Gasteiger charge is 2.46. The van der Waals surface area contributed by atoms with Gasteiger partial charge in [0.15, 0.2) is 0 Å². The van der Waals surface area contributed by atoms with Gasteiger partial charge in [-0.05, 0) is 103 Å². The molecule has 0 unspecified atom stereocenters. The second-order valence-electron chi connectivity index (χ2n) is 16.0. The highest BCUT2D eigenvalue weighted by atomic mass is 32.1. The van der Waals surface area contributed by atoms with Crippen LogP contribution in [0.4, 0.5) is 17.1 Å². The lowest BCUT2D eigenvalue weighted by atomic mass is 9.67. The van der Waals surface area contributed by atoms with E-state index in [1.807, 2.05) is 11.3 Å². The van der Waals surface area contributed by atoms with E-state index in [2.05, 4.69) is 241 Å². The molecule has 286 valence electrons. The zero-order valence-electron chi connectivity index (χ0n) is 33.4. The number of hydrogen-bond donors (Lipinski definition) is 0. The van der Waals surface area contributed by atoms with Crippen LogP contribution >= 0.6 is 11.3 Å². The first kappa shape index (κ1) is 35.4. The van der Waals surface area contributed by atoms with Gasteiger partial charge >= 0.3 is 0 Å². The van der Waals surface area contributed by atoms with E-state index in [4.69, 9.17) is 0 Å². The van der Waals surface area contributed by atoms with Crippen molar-refractivity contribution >= 4 is 59.3 Å². The molecular weight excluding hydrogens is 755 g/mol. The zero-order valence-corrected chi connectivity index (χ0v) is 34.2. The van der Waals surface area contributed by atoms with Crippen LogP contribution in [0.25, 0.3) is 64.3 Å². The summed E-state index contributed by atoms with van der Waals surface area (Å²) < 4.78 is 2.57. The van der Waals surface area contributed by atoms with E-state index in [0.717, 1.165) is 17.1 Å². The molecule has 0 radical (unpaired) electrons. The number of hydrogen-bond acceptors (Lipinski definition) is 2. The largest absolute Gasteiger partial charge is 0.310 e. The molecule has 0 N–H and O–H groups in total. The fourth-order valence-electron chi connectivity index (χ4n) is 9.98. The molecule has 11 aromatic rings. The van der Waals surface area contributed by atoms with Crippen molar-refractivity contribution in [2.45, 2.75) is 5.41 Å². The van der Waals surface area contributed by atoms with E-state index in [0.29, 0.717) is 0 Å². The summed E-state index contributed by atoms with van der Waals surface area (Å²) in [7, 11) is 0. The van der Waals surface area contributed by atoms with Crippen LogP contribution in [0.15, 0.2) is 237 Å². The molecule has 0 fully saturated rings. The SMILES string of the molecule is c1ccc(-c2ccc(-c3ccc4ccccc4c3)cc2N(c2ccc3c(c2)C(c2ccccc2)(c2ccccc2)c2ccccc2-3)c2ccc3c(c2)sc2ccccc23)cc1. The van der Waals surface area contributed by atoms with Gasteiger partial charge in [-0.2, -0.15) is 0 Å². The lowest BCUT2D eigenvalue weighted by Crippen LogP contribution is -2.28. The molecule has 2 heteroatoms. The van der Waals surface area contributed by atoms with Crippen molar-refractivity contribution in [2.75, 3.05) is 4.90 Å². The summed E-state index contributed by atoms with van der Waals surface area (Å²) in [6.07, 6.45) is 0. The van der Waals surface area contributed by atoms with Crippen LogP contribution in [0.1, 0.15) is 22.3 Å². The van der Waals surface area contributed by atoms with Gasteiger partial charge in [0, 0.05) is 37.1 Å². The molecule has 61 heavy (non-hydrogen) atoms. The third kappa shape index (κ3) is 5.68. The van der Waals surface area contributed by atoms with Gasteiger partial charge in [0.05, 0.1) is 11.1 Å². The summed E-state index contributed by atoms with van der Waals surface area (Å²) in [5.74, 6) is 0. The fraction of sp³-hybridized carbons (Fsp3) is 0.0169. The predicted molar refractivity (Wildman–Crippen MR) is 260 cm³/mol. The molecule has 12 rings (SSSR count). The van der Waals surface area contributed by atoms with Crippen molar-refractivity contribution < 1.29 is 0 Å². The number of benzene rings is 10. The molecule has 1 aliphatic rings. The Kier molecular flexibility index (Phi) is 8.33. The first-order chi connectivity index (χ1) is 30.2. The molecule has 10 aromatic carbocycles. The molecule has 0 aliphatic heterocycles. The maximum absolute atomic E-state index is 2.51. The molecular formula is C59H39NS. The molecule has 0 spiro atoms. The van der Waals surface area contributed by atoms with Gasteiger partial charge in [0.25, 0.3) is 0 Å². The first-order valence-electron chi connectivity index (χ1n) is 21.0. The number of anilines is 3. The van der Waals surface area contributed by atoms with E-state index in [9.17, 15) is 0 Å². The summed E-state index contributed by atoms with van der Waals surface area (Å²) in [6, 6.07) is 87.6. The van der Waals surface area contributed by atoms with Gasteiger partial charge in [-0.25, -0.2) is 0 Å².